The second-order valence-electron chi connectivity index (χ2n) is 6.08. The zero-order valence-electron chi connectivity index (χ0n) is 14.4. The van der Waals surface area contributed by atoms with Crippen LogP contribution in [-0.2, 0) is 11.2 Å². The van der Waals surface area contributed by atoms with Crippen LogP contribution in [0.3, 0.4) is 0 Å². The first-order valence-corrected chi connectivity index (χ1v) is 8.52. The largest absolute Gasteiger partial charge is 0.339 e. The number of carbonyl (C=O) groups is 1. The van der Waals surface area contributed by atoms with Gasteiger partial charge in [0, 0.05) is 25.9 Å². The lowest BCUT2D eigenvalue weighted by molar-refractivity contribution is -0.132. The first kappa shape index (κ1) is 18.1. The van der Waals surface area contributed by atoms with Crippen LogP contribution in [0.5, 0.6) is 0 Å². The zero-order valence-corrected chi connectivity index (χ0v) is 14.4. The van der Waals surface area contributed by atoms with E-state index < -0.39 is 0 Å². The molecule has 1 aromatic carbocycles. The summed E-state index contributed by atoms with van der Waals surface area (Å²) in [5.74, 6) is -0.186. The van der Waals surface area contributed by atoms with Crippen LogP contribution in [-0.4, -0.2) is 22.8 Å². The Morgan fingerprint density at radius 2 is 2.12 bits per heavy atom. The lowest BCUT2D eigenvalue weighted by Gasteiger charge is -2.28. The van der Waals surface area contributed by atoms with Crippen molar-refractivity contribution in [2.75, 3.05) is 7.05 Å². The number of aromatic nitrogens is 1. The Labute approximate surface area is 143 Å². The van der Waals surface area contributed by atoms with Crippen molar-refractivity contribution >= 4 is 5.91 Å². The van der Waals surface area contributed by atoms with E-state index in [2.05, 4.69) is 11.9 Å². The van der Waals surface area contributed by atoms with Gasteiger partial charge in [-0.2, -0.15) is 0 Å². The Morgan fingerprint density at radius 1 is 1.29 bits per heavy atom. The number of hydrogen-bond donors (Lipinski definition) is 0. The minimum absolute atomic E-state index is 0.0404. The van der Waals surface area contributed by atoms with E-state index in [4.69, 9.17) is 0 Å². The van der Waals surface area contributed by atoms with Gasteiger partial charge in [-0.15, -0.1) is 0 Å². The maximum Gasteiger partial charge on any atom is 0.223 e. The van der Waals surface area contributed by atoms with Crippen molar-refractivity contribution in [3.05, 3.63) is 65.7 Å². The van der Waals surface area contributed by atoms with Gasteiger partial charge in [0.15, 0.2) is 0 Å². The lowest BCUT2D eigenvalue weighted by atomic mass is 10.0. The molecule has 0 aliphatic carbocycles. The fourth-order valence-corrected chi connectivity index (χ4v) is 2.85. The van der Waals surface area contributed by atoms with E-state index in [1.165, 1.54) is 12.1 Å². The van der Waals surface area contributed by atoms with Crippen LogP contribution in [0.2, 0.25) is 0 Å². The summed E-state index contributed by atoms with van der Waals surface area (Å²) in [4.78, 5) is 18.6. The molecule has 1 unspecified atom stereocenters. The molecule has 128 valence electrons. The van der Waals surface area contributed by atoms with Gasteiger partial charge in [-0.1, -0.05) is 38.0 Å². The summed E-state index contributed by atoms with van der Waals surface area (Å²) < 4.78 is 13.2. The van der Waals surface area contributed by atoms with Crippen LogP contribution in [0.1, 0.15) is 49.8 Å². The van der Waals surface area contributed by atoms with Crippen LogP contribution in [0.4, 0.5) is 4.39 Å². The number of halogens is 1. The van der Waals surface area contributed by atoms with Crippen molar-refractivity contribution in [3.63, 3.8) is 0 Å². The van der Waals surface area contributed by atoms with Crippen LogP contribution >= 0.6 is 0 Å². The van der Waals surface area contributed by atoms with Gasteiger partial charge in [0.25, 0.3) is 0 Å². The van der Waals surface area contributed by atoms with Gasteiger partial charge in [0.05, 0.1) is 6.04 Å². The fraction of sp³-hybridized carbons (Fsp3) is 0.400. The van der Waals surface area contributed by atoms with Crippen molar-refractivity contribution in [1.82, 2.24) is 9.88 Å². The van der Waals surface area contributed by atoms with Gasteiger partial charge >= 0.3 is 0 Å². The molecule has 4 heteroatoms. The van der Waals surface area contributed by atoms with Crippen molar-refractivity contribution in [3.8, 4) is 0 Å². The van der Waals surface area contributed by atoms with Crippen LogP contribution in [0.25, 0.3) is 0 Å². The normalized spacial score (nSPS) is 12.0. The number of nitrogens with zero attached hydrogens (tertiary/aromatic N) is 2. The topological polar surface area (TPSA) is 33.2 Å². The standard InChI is InChI=1S/C20H25FN2O/c1-3-4-10-19(17-8-6-13-22-15-17)23(2)20(24)12-11-16-7-5-9-18(21)14-16/h5-9,13-15,19H,3-4,10-12H2,1-2H3. The second kappa shape index (κ2) is 9.16. The molecule has 0 aliphatic heterocycles. The van der Waals surface area contributed by atoms with Crippen LogP contribution < -0.4 is 0 Å². The molecular weight excluding hydrogens is 303 g/mol. The molecule has 0 aliphatic rings. The highest BCUT2D eigenvalue weighted by Crippen LogP contribution is 2.25. The van der Waals surface area contributed by atoms with Crippen LogP contribution in [0, 0.1) is 5.82 Å². The Kier molecular flexibility index (Phi) is 6.91. The molecule has 0 fully saturated rings. The third kappa shape index (κ3) is 5.15. The van der Waals surface area contributed by atoms with Gasteiger partial charge in [-0.3, -0.25) is 9.78 Å². The molecule has 24 heavy (non-hydrogen) atoms. The molecule has 1 aromatic heterocycles. The summed E-state index contributed by atoms with van der Waals surface area (Å²) in [5.41, 5.74) is 1.91. The van der Waals surface area contributed by atoms with Crippen molar-refractivity contribution < 1.29 is 9.18 Å². The Morgan fingerprint density at radius 3 is 2.79 bits per heavy atom. The van der Waals surface area contributed by atoms with Crippen molar-refractivity contribution in [1.29, 1.82) is 0 Å². The molecular formula is C20H25FN2O. The molecule has 0 N–H and O–H groups in total. The predicted molar refractivity (Wildman–Crippen MR) is 94.0 cm³/mol. The van der Waals surface area contributed by atoms with Gasteiger partial charge in [-0.25, -0.2) is 4.39 Å². The molecule has 0 bridgehead atoms. The molecule has 1 amide bonds. The quantitative estimate of drug-likeness (QED) is 0.712. The zero-order chi connectivity index (χ0) is 17.4. The summed E-state index contributed by atoms with van der Waals surface area (Å²) >= 11 is 0. The summed E-state index contributed by atoms with van der Waals surface area (Å²) in [7, 11) is 1.85. The number of benzene rings is 1. The Hall–Kier alpha value is -2.23. The highest BCUT2D eigenvalue weighted by molar-refractivity contribution is 5.76. The molecule has 2 aromatic rings. The summed E-state index contributed by atoms with van der Waals surface area (Å²) in [6, 6.07) is 10.4. The summed E-state index contributed by atoms with van der Waals surface area (Å²) in [6.07, 6.45) is 7.56. The van der Waals surface area contributed by atoms with E-state index in [-0.39, 0.29) is 17.8 Å². The highest BCUT2D eigenvalue weighted by atomic mass is 19.1. The van der Waals surface area contributed by atoms with Gasteiger partial charge < -0.3 is 4.90 Å². The molecule has 0 saturated carbocycles. The SMILES string of the molecule is CCCCC(c1cccnc1)N(C)C(=O)CCc1cccc(F)c1. The number of unbranched alkanes of at least 4 members (excludes halogenated alkanes) is 1. The van der Waals surface area contributed by atoms with Crippen molar-refractivity contribution in [2.24, 2.45) is 0 Å². The molecule has 2 rings (SSSR count). The third-order valence-electron chi connectivity index (χ3n) is 4.28. The maximum atomic E-state index is 13.2. The molecule has 3 nitrogen and oxygen atoms in total. The summed E-state index contributed by atoms with van der Waals surface area (Å²) in [6.45, 7) is 2.14. The van der Waals surface area contributed by atoms with Gasteiger partial charge in [0.1, 0.15) is 5.82 Å². The molecule has 0 spiro atoms. The van der Waals surface area contributed by atoms with Crippen molar-refractivity contribution in [2.45, 2.75) is 45.1 Å². The number of pyridine rings is 1. The maximum absolute atomic E-state index is 13.2. The Balaban J connectivity index is 2.02. The number of hydrogen-bond acceptors (Lipinski definition) is 2. The van der Waals surface area contributed by atoms with E-state index >= 15 is 0 Å². The monoisotopic (exact) mass is 328 g/mol. The van der Waals surface area contributed by atoms with E-state index in [1.807, 2.05) is 36.3 Å². The minimum atomic E-state index is -0.260. The lowest BCUT2D eigenvalue weighted by Crippen LogP contribution is -2.31. The molecule has 1 heterocycles. The third-order valence-corrected chi connectivity index (χ3v) is 4.28. The van der Waals surface area contributed by atoms with Gasteiger partial charge in [-0.05, 0) is 42.2 Å². The molecule has 0 radical (unpaired) electrons. The Bertz CT molecular complexity index is 645. The summed E-state index contributed by atoms with van der Waals surface area (Å²) in [5, 5.41) is 0. The van der Waals surface area contributed by atoms with E-state index in [1.54, 1.807) is 12.3 Å². The minimum Gasteiger partial charge on any atom is -0.339 e. The first-order valence-electron chi connectivity index (χ1n) is 8.52. The number of amides is 1. The van der Waals surface area contributed by atoms with E-state index in [0.29, 0.717) is 12.8 Å². The van der Waals surface area contributed by atoms with E-state index in [9.17, 15) is 9.18 Å². The first-order chi connectivity index (χ1) is 11.6. The number of carbonyl (C=O) groups excluding carboxylic acids is 1. The molecule has 1 atom stereocenters. The van der Waals surface area contributed by atoms with E-state index in [0.717, 1.165) is 30.4 Å². The fourth-order valence-electron chi connectivity index (χ4n) is 2.85. The number of aryl methyl sites for hydroxylation is 1. The smallest absolute Gasteiger partial charge is 0.223 e. The number of rotatable bonds is 8. The predicted octanol–water partition coefficient (Wildman–Crippen LogP) is 4.54. The van der Waals surface area contributed by atoms with Gasteiger partial charge in [0.2, 0.25) is 5.91 Å². The second-order valence-corrected chi connectivity index (χ2v) is 6.08. The average Bonchev–Trinajstić information content (AvgIpc) is 2.61. The molecule has 0 saturated heterocycles. The average molecular weight is 328 g/mol. The highest BCUT2D eigenvalue weighted by Gasteiger charge is 2.21. The van der Waals surface area contributed by atoms with Crippen LogP contribution in [0.15, 0.2) is 48.8 Å².